The minimum Gasteiger partial charge on any atom is -0.348 e. The fourth-order valence-corrected chi connectivity index (χ4v) is 3.79. The van der Waals surface area contributed by atoms with Gasteiger partial charge < -0.3 is 10.2 Å². The average molecular weight is 279 g/mol. The molecule has 1 saturated carbocycles. The Balaban J connectivity index is 1.70. The van der Waals surface area contributed by atoms with Crippen molar-refractivity contribution in [2.24, 2.45) is 0 Å². The van der Waals surface area contributed by atoms with Crippen molar-refractivity contribution in [1.82, 2.24) is 10.3 Å². The molecule has 1 aliphatic carbocycles. The maximum atomic E-state index is 4.93. The minimum absolute atomic E-state index is 0.787. The smallest absolute Gasteiger partial charge is 0.185 e. The highest BCUT2D eigenvalue weighted by molar-refractivity contribution is 7.15. The number of hydrogen-bond acceptors (Lipinski definition) is 4. The second-order valence-electron chi connectivity index (χ2n) is 5.82. The summed E-state index contributed by atoms with van der Waals surface area (Å²) >= 11 is 1.93. The Labute approximate surface area is 120 Å². The summed E-state index contributed by atoms with van der Waals surface area (Å²) in [6, 6.07) is 0.787. The Kier molecular flexibility index (Phi) is 4.38. The van der Waals surface area contributed by atoms with Crippen LogP contribution in [-0.2, 0) is 13.0 Å². The third kappa shape index (κ3) is 3.48. The molecule has 0 bridgehead atoms. The van der Waals surface area contributed by atoms with Gasteiger partial charge in [-0.05, 0) is 38.5 Å². The van der Waals surface area contributed by atoms with Crippen LogP contribution in [0.15, 0.2) is 0 Å². The topological polar surface area (TPSA) is 28.2 Å². The molecule has 3 rings (SSSR count). The molecule has 1 aliphatic heterocycles. The van der Waals surface area contributed by atoms with Crippen LogP contribution < -0.4 is 10.2 Å². The molecule has 1 N–H and O–H groups in total. The van der Waals surface area contributed by atoms with Crippen LogP contribution in [0.1, 0.15) is 56.0 Å². The zero-order valence-corrected chi connectivity index (χ0v) is 12.8. The highest BCUT2D eigenvalue weighted by Gasteiger charge is 2.22. The number of aryl methyl sites for hydroxylation is 1. The summed E-state index contributed by atoms with van der Waals surface area (Å²) in [5.74, 6) is 0. The van der Waals surface area contributed by atoms with E-state index in [2.05, 4.69) is 17.1 Å². The molecule has 0 amide bonds. The summed E-state index contributed by atoms with van der Waals surface area (Å²) in [5, 5.41) is 4.91. The summed E-state index contributed by atoms with van der Waals surface area (Å²) < 4.78 is 0. The fourth-order valence-electron chi connectivity index (χ4n) is 2.68. The van der Waals surface area contributed by atoms with E-state index in [1.807, 2.05) is 11.3 Å². The first-order valence-corrected chi connectivity index (χ1v) is 8.65. The van der Waals surface area contributed by atoms with Crippen LogP contribution in [0, 0.1) is 0 Å². The van der Waals surface area contributed by atoms with Crippen molar-refractivity contribution in [3.05, 3.63) is 10.6 Å². The average Bonchev–Trinajstić information content (AvgIpc) is 3.19. The zero-order valence-electron chi connectivity index (χ0n) is 12.0. The maximum Gasteiger partial charge on any atom is 0.185 e. The maximum absolute atomic E-state index is 4.93. The molecule has 1 saturated heterocycles. The molecule has 1 aromatic heterocycles. The summed E-state index contributed by atoms with van der Waals surface area (Å²) in [7, 11) is 0. The van der Waals surface area contributed by atoms with Crippen LogP contribution >= 0.6 is 11.3 Å². The van der Waals surface area contributed by atoms with E-state index < -0.39 is 0 Å². The fraction of sp³-hybridized carbons (Fsp3) is 0.800. The molecule has 4 heteroatoms. The van der Waals surface area contributed by atoms with Crippen molar-refractivity contribution < 1.29 is 0 Å². The van der Waals surface area contributed by atoms with E-state index in [1.165, 1.54) is 67.3 Å². The van der Waals surface area contributed by atoms with Gasteiger partial charge in [-0.3, -0.25) is 0 Å². The van der Waals surface area contributed by atoms with Gasteiger partial charge in [-0.25, -0.2) is 4.98 Å². The molecular formula is C15H25N3S. The van der Waals surface area contributed by atoms with E-state index in [-0.39, 0.29) is 0 Å². The molecule has 2 heterocycles. The van der Waals surface area contributed by atoms with Crippen LogP contribution in [0.4, 0.5) is 5.13 Å². The van der Waals surface area contributed by atoms with E-state index in [0.29, 0.717) is 0 Å². The molecule has 3 nitrogen and oxygen atoms in total. The molecule has 0 spiro atoms. The lowest BCUT2D eigenvalue weighted by Gasteiger charge is -2.25. The summed E-state index contributed by atoms with van der Waals surface area (Å²) in [6.07, 6.45) is 9.10. The first-order valence-electron chi connectivity index (χ1n) is 7.83. The van der Waals surface area contributed by atoms with E-state index >= 15 is 0 Å². The number of anilines is 1. The van der Waals surface area contributed by atoms with Crippen molar-refractivity contribution >= 4 is 16.5 Å². The minimum atomic E-state index is 0.787. The van der Waals surface area contributed by atoms with Gasteiger partial charge in [0.25, 0.3) is 0 Å². The van der Waals surface area contributed by atoms with Crippen LogP contribution in [0.3, 0.4) is 0 Å². The largest absolute Gasteiger partial charge is 0.348 e. The number of thiazole rings is 1. The van der Waals surface area contributed by atoms with E-state index in [1.54, 1.807) is 0 Å². The number of piperidine rings is 1. The predicted molar refractivity (Wildman–Crippen MR) is 82.0 cm³/mol. The zero-order chi connectivity index (χ0) is 13.1. The molecule has 2 aliphatic rings. The van der Waals surface area contributed by atoms with E-state index in [9.17, 15) is 0 Å². The molecule has 0 radical (unpaired) electrons. The Morgan fingerprint density at radius 2 is 2.05 bits per heavy atom. The molecule has 106 valence electrons. The number of aromatic nitrogens is 1. The molecule has 19 heavy (non-hydrogen) atoms. The standard InChI is InChI=1S/C15H25N3S/c1-2-6-13-14(11-16-12-7-8-12)19-15(17-13)18-9-4-3-5-10-18/h12,16H,2-11H2,1H3. The van der Waals surface area contributed by atoms with Gasteiger partial charge in [0.1, 0.15) is 0 Å². The number of hydrogen-bond donors (Lipinski definition) is 1. The van der Waals surface area contributed by atoms with Gasteiger partial charge in [-0.1, -0.05) is 13.3 Å². The summed E-state index contributed by atoms with van der Waals surface area (Å²) in [5.41, 5.74) is 1.35. The Morgan fingerprint density at radius 1 is 1.26 bits per heavy atom. The van der Waals surface area contributed by atoms with Crippen molar-refractivity contribution in [2.75, 3.05) is 18.0 Å². The second-order valence-corrected chi connectivity index (χ2v) is 6.88. The molecule has 0 aromatic carbocycles. The number of nitrogens with one attached hydrogen (secondary N) is 1. The van der Waals surface area contributed by atoms with Crippen molar-refractivity contribution in [1.29, 1.82) is 0 Å². The molecule has 0 atom stereocenters. The second kappa shape index (κ2) is 6.23. The van der Waals surface area contributed by atoms with Crippen LogP contribution in [-0.4, -0.2) is 24.1 Å². The van der Waals surface area contributed by atoms with Crippen molar-refractivity contribution in [3.63, 3.8) is 0 Å². The SMILES string of the molecule is CCCc1nc(N2CCCCC2)sc1CNC1CC1. The van der Waals surface area contributed by atoms with Crippen LogP contribution in [0.5, 0.6) is 0 Å². The summed E-state index contributed by atoms with van der Waals surface area (Å²) in [6.45, 7) is 5.69. The first kappa shape index (κ1) is 13.4. The van der Waals surface area contributed by atoms with E-state index in [4.69, 9.17) is 4.98 Å². The van der Waals surface area contributed by atoms with Gasteiger partial charge in [0.2, 0.25) is 0 Å². The number of nitrogens with zero attached hydrogens (tertiary/aromatic N) is 2. The van der Waals surface area contributed by atoms with Gasteiger partial charge in [-0.2, -0.15) is 0 Å². The lowest BCUT2D eigenvalue weighted by Crippen LogP contribution is -2.29. The van der Waals surface area contributed by atoms with Gasteiger partial charge in [0.15, 0.2) is 5.13 Å². The monoisotopic (exact) mass is 279 g/mol. The highest BCUT2D eigenvalue weighted by Crippen LogP contribution is 2.30. The highest BCUT2D eigenvalue weighted by atomic mass is 32.1. The molecule has 1 aromatic rings. The lowest BCUT2D eigenvalue weighted by molar-refractivity contribution is 0.576. The quantitative estimate of drug-likeness (QED) is 0.865. The molecular weight excluding hydrogens is 254 g/mol. The Morgan fingerprint density at radius 3 is 2.74 bits per heavy atom. The van der Waals surface area contributed by atoms with Gasteiger partial charge in [-0.15, -0.1) is 11.3 Å². The van der Waals surface area contributed by atoms with Crippen molar-refractivity contribution in [2.45, 2.75) is 64.5 Å². The normalized spacial score (nSPS) is 19.9. The predicted octanol–water partition coefficient (Wildman–Crippen LogP) is 3.34. The Hall–Kier alpha value is -0.610. The van der Waals surface area contributed by atoms with Gasteiger partial charge in [0.05, 0.1) is 5.69 Å². The van der Waals surface area contributed by atoms with Gasteiger partial charge >= 0.3 is 0 Å². The Bertz CT molecular complexity index is 406. The molecule has 0 unspecified atom stereocenters. The number of rotatable bonds is 6. The summed E-state index contributed by atoms with van der Waals surface area (Å²) in [4.78, 5) is 8.90. The third-order valence-corrected chi connectivity index (χ3v) is 5.17. The van der Waals surface area contributed by atoms with Crippen LogP contribution in [0.25, 0.3) is 0 Å². The van der Waals surface area contributed by atoms with Crippen molar-refractivity contribution in [3.8, 4) is 0 Å². The molecule has 2 fully saturated rings. The first-order chi connectivity index (χ1) is 9.36. The van der Waals surface area contributed by atoms with E-state index in [0.717, 1.165) is 19.0 Å². The van der Waals surface area contributed by atoms with Gasteiger partial charge in [0, 0.05) is 30.6 Å². The lowest BCUT2D eigenvalue weighted by atomic mass is 10.1. The third-order valence-electron chi connectivity index (χ3n) is 4.01. The van der Waals surface area contributed by atoms with Crippen LogP contribution in [0.2, 0.25) is 0 Å².